The Morgan fingerprint density at radius 2 is 2.10 bits per heavy atom. The zero-order valence-electron chi connectivity index (χ0n) is 13.3. The first-order valence-corrected chi connectivity index (χ1v) is 8.09. The van der Waals surface area contributed by atoms with Gasteiger partial charge in [-0.15, -0.1) is 0 Å². The van der Waals surface area contributed by atoms with E-state index in [-0.39, 0.29) is 6.61 Å². The summed E-state index contributed by atoms with van der Waals surface area (Å²) in [6.45, 7) is 8.33. The number of aromatic nitrogens is 1. The second kappa shape index (κ2) is 8.47. The number of piperidine rings is 1. The Labute approximate surface area is 128 Å². The molecule has 0 unspecified atom stereocenters. The molecule has 2 rings (SSSR count). The third-order valence-electron chi connectivity index (χ3n) is 4.00. The third-order valence-corrected chi connectivity index (χ3v) is 4.00. The molecule has 1 aromatic rings. The normalized spacial score (nSPS) is 17.5. The largest absolute Gasteiger partial charge is 0.396 e. The van der Waals surface area contributed by atoms with Crippen LogP contribution in [0.15, 0.2) is 18.2 Å². The Bertz CT molecular complexity index is 415. The van der Waals surface area contributed by atoms with Gasteiger partial charge in [-0.2, -0.15) is 0 Å². The van der Waals surface area contributed by atoms with Crippen LogP contribution >= 0.6 is 0 Å². The van der Waals surface area contributed by atoms with Gasteiger partial charge in [0.05, 0.1) is 11.8 Å². The van der Waals surface area contributed by atoms with Crippen molar-refractivity contribution in [2.45, 2.75) is 51.7 Å². The van der Waals surface area contributed by atoms with Gasteiger partial charge in [-0.25, -0.2) is 0 Å². The van der Waals surface area contributed by atoms with Crippen molar-refractivity contribution < 1.29 is 9.84 Å². The predicted molar refractivity (Wildman–Crippen MR) is 84.3 cm³/mol. The molecule has 0 saturated carbocycles. The zero-order valence-corrected chi connectivity index (χ0v) is 13.3. The molecule has 1 aromatic heterocycles. The average Bonchev–Trinajstić information content (AvgIpc) is 2.49. The molecular formula is C17H28N2O2. The fourth-order valence-corrected chi connectivity index (χ4v) is 2.69. The summed E-state index contributed by atoms with van der Waals surface area (Å²) in [5.74, 6) is 0.482. The van der Waals surface area contributed by atoms with E-state index < -0.39 is 0 Å². The van der Waals surface area contributed by atoms with Crippen LogP contribution in [0, 0.1) is 0 Å². The summed E-state index contributed by atoms with van der Waals surface area (Å²) in [5.41, 5.74) is 2.34. The first-order chi connectivity index (χ1) is 10.2. The van der Waals surface area contributed by atoms with Crippen LogP contribution in [-0.2, 0) is 11.3 Å². The van der Waals surface area contributed by atoms with Crippen molar-refractivity contribution in [3.63, 3.8) is 0 Å². The van der Waals surface area contributed by atoms with Crippen LogP contribution < -0.4 is 0 Å². The maximum atomic E-state index is 8.77. The molecule has 0 bridgehead atoms. The first-order valence-electron chi connectivity index (χ1n) is 8.09. The Morgan fingerprint density at radius 3 is 2.76 bits per heavy atom. The quantitative estimate of drug-likeness (QED) is 0.785. The number of rotatable bonds is 7. The lowest BCUT2D eigenvalue weighted by molar-refractivity contribution is 0.000567. The van der Waals surface area contributed by atoms with Crippen molar-refractivity contribution in [2.75, 3.05) is 26.3 Å². The lowest BCUT2D eigenvalue weighted by atomic mass is 10.1. The topological polar surface area (TPSA) is 45.6 Å². The van der Waals surface area contributed by atoms with E-state index in [9.17, 15) is 0 Å². The van der Waals surface area contributed by atoms with E-state index >= 15 is 0 Å². The molecule has 1 saturated heterocycles. The number of hydrogen-bond donors (Lipinski definition) is 1. The lowest BCUT2D eigenvalue weighted by Crippen LogP contribution is -2.37. The third kappa shape index (κ3) is 5.38. The molecule has 0 aliphatic carbocycles. The molecule has 4 nitrogen and oxygen atoms in total. The van der Waals surface area contributed by atoms with Crippen molar-refractivity contribution in [1.29, 1.82) is 0 Å². The Morgan fingerprint density at radius 1 is 1.33 bits per heavy atom. The number of aliphatic hydroxyl groups is 1. The molecule has 0 atom stereocenters. The molecule has 1 aliphatic rings. The number of ether oxygens (including phenoxy) is 1. The molecule has 1 aliphatic heterocycles. The highest BCUT2D eigenvalue weighted by Gasteiger charge is 2.19. The maximum absolute atomic E-state index is 8.77. The molecule has 118 valence electrons. The average molecular weight is 292 g/mol. The number of hydrogen-bond acceptors (Lipinski definition) is 4. The first kappa shape index (κ1) is 16.4. The standard InChI is InChI=1S/C17H28N2O2/c1-14(2)17-6-3-5-15(18-17)13-19-9-7-16(8-10-19)21-12-4-11-20/h3,5-6,14,16,20H,4,7-13H2,1-2H3. The molecule has 0 amide bonds. The highest BCUT2D eigenvalue weighted by atomic mass is 16.5. The van der Waals surface area contributed by atoms with Crippen molar-refractivity contribution in [3.05, 3.63) is 29.6 Å². The molecule has 0 radical (unpaired) electrons. The maximum Gasteiger partial charge on any atom is 0.0599 e. The highest BCUT2D eigenvalue weighted by molar-refractivity contribution is 5.13. The molecule has 0 aromatic carbocycles. The van der Waals surface area contributed by atoms with Crippen LogP contribution in [0.1, 0.15) is 50.4 Å². The van der Waals surface area contributed by atoms with Gasteiger partial charge in [0.1, 0.15) is 0 Å². The molecular weight excluding hydrogens is 264 g/mol. The van der Waals surface area contributed by atoms with Gasteiger partial charge in [0.2, 0.25) is 0 Å². The fraction of sp³-hybridized carbons (Fsp3) is 0.706. The van der Waals surface area contributed by atoms with Gasteiger partial charge >= 0.3 is 0 Å². The molecule has 1 N–H and O–H groups in total. The molecule has 2 heterocycles. The highest BCUT2D eigenvalue weighted by Crippen LogP contribution is 2.17. The van der Waals surface area contributed by atoms with E-state index in [0.29, 0.717) is 18.6 Å². The second-order valence-corrected chi connectivity index (χ2v) is 6.13. The number of aliphatic hydroxyl groups excluding tert-OH is 1. The summed E-state index contributed by atoms with van der Waals surface area (Å²) in [6, 6.07) is 6.34. The molecule has 0 spiro atoms. The van der Waals surface area contributed by atoms with Crippen molar-refractivity contribution >= 4 is 0 Å². The SMILES string of the molecule is CC(C)c1cccc(CN2CCC(OCCCO)CC2)n1. The van der Waals surface area contributed by atoms with Gasteiger partial charge in [-0.05, 0) is 37.3 Å². The van der Waals surface area contributed by atoms with Gasteiger partial charge in [0.25, 0.3) is 0 Å². The van der Waals surface area contributed by atoms with Crippen LogP contribution in [0.4, 0.5) is 0 Å². The summed E-state index contributed by atoms with van der Waals surface area (Å²) in [6.07, 6.45) is 3.26. The van der Waals surface area contributed by atoms with Crippen LogP contribution in [0.3, 0.4) is 0 Å². The van der Waals surface area contributed by atoms with Crippen LogP contribution in [-0.4, -0.2) is 47.4 Å². The van der Waals surface area contributed by atoms with E-state index in [4.69, 9.17) is 14.8 Å². The second-order valence-electron chi connectivity index (χ2n) is 6.13. The fourth-order valence-electron chi connectivity index (χ4n) is 2.69. The number of nitrogens with zero attached hydrogens (tertiary/aromatic N) is 2. The van der Waals surface area contributed by atoms with E-state index in [0.717, 1.165) is 38.9 Å². The van der Waals surface area contributed by atoms with Gasteiger partial charge in [0, 0.05) is 38.5 Å². The van der Waals surface area contributed by atoms with E-state index in [1.54, 1.807) is 0 Å². The van der Waals surface area contributed by atoms with Crippen LogP contribution in [0.2, 0.25) is 0 Å². The van der Waals surface area contributed by atoms with Crippen molar-refractivity contribution in [2.24, 2.45) is 0 Å². The Kier molecular flexibility index (Phi) is 6.61. The summed E-state index contributed by atoms with van der Waals surface area (Å²) in [4.78, 5) is 7.20. The monoisotopic (exact) mass is 292 g/mol. The van der Waals surface area contributed by atoms with Crippen molar-refractivity contribution in [1.82, 2.24) is 9.88 Å². The minimum absolute atomic E-state index is 0.219. The summed E-state index contributed by atoms with van der Waals surface area (Å²) in [7, 11) is 0. The smallest absolute Gasteiger partial charge is 0.0599 e. The lowest BCUT2D eigenvalue weighted by Gasteiger charge is -2.31. The van der Waals surface area contributed by atoms with Gasteiger partial charge in [-0.3, -0.25) is 9.88 Å². The summed E-state index contributed by atoms with van der Waals surface area (Å²) >= 11 is 0. The summed E-state index contributed by atoms with van der Waals surface area (Å²) < 4.78 is 5.77. The summed E-state index contributed by atoms with van der Waals surface area (Å²) in [5, 5.41) is 8.77. The Balaban J connectivity index is 1.77. The van der Waals surface area contributed by atoms with E-state index in [1.165, 1.54) is 11.4 Å². The number of pyridine rings is 1. The van der Waals surface area contributed by atoms with Crippen LogP contribution in [0.25, 0.3) is 0 Å². The zero-order chi connectivity index (χ0) is 15.1. The van der Waals surface area contributed by atoms with Gasteiger partial charge in [0.15, 0.2) is 0 Å². The van der Waals surface area contributed by atoms with Gasteiger partial charge < -0.3 is 9.84 Å². The Hall–Kier alpha value is -0.970. The molecule has 4 heteroatoms. The van der Waals surface area contributed by atoms with Gasteiger partial charge in [-0.1, -0.05) is 19.9 Å². The van der Waals surface area contributed by atoms with Crippen LogP contribution in [0.5, 0.6) is 0 Å². The minimum Gasteiger partial charge on any atom is -0.396 e. The minimum atomic E-state index is 0.219. The number of likely N-dealkylation sites (tertiary alicyclic amines) is 1. The van der Waals surface area contributed by atoms with E-state index in [2.05, 4.69) is 36.9 Å². The molecule has 1 fully saturated rings. The predicted octanol–water partition coefficient (Wildman–Crippen LogP) is 2.57. The van der Waals surface area contributed by atoms with E-state index in [1.807, 2.05) is 0 Å². The molecule has 21 heavy (non-hydrogen) atoms. The van der Waals surface area contributed by atoms with Crippen molar-refractivity contribution in [3.8, 4) is 0 Å².